The second-order valence-corrected chi connectivity index (χ2v) is 7.09. The summed E-state index contributed by atoms with van der Waals surface area (Å²) in [6.45, 7) is 7.41. The van der Waals surface area contributed by atoms with Gasteiger partial charge in [0.15, 0.2) is 0 Å². The smallest absolute Gasteiger partial charge is 0.316 e. The molecule has 0 N–H and O–H groups in total. The molecule has 7 heteroatoms. The van der Waals surface area contributed by atoms with Crippen LogP contribution in [-0.4, -0.2) is 51.4 Å². The van der Waals surface area contributed by atoms with E-state index in [1.54, 1.807) is 18.5 Å². The first-order chi connectivity index (χ1) is 12.1. The molecule has 0 aromatic carbocycles. The van der Waals surface area contributed by atoms with Crippen molar-refractivity contribution in [3.8, 4) is 6.01 Å². The Balaban J connectivity index is 1.39. The number of aromatic nitrogens is 3. The Kier molecular flexibility index (Phi) is 4.43. The van der Waals surface area contributed by atoms with Gasteiger partial charge in [-0.05, 0) is 39.3 Å². The molecule has 25 heavy (non-hydrogen) atoms. The highest BCUT2D eigenvalue weighted by Gasteiger charge is 2.44. The number of piperidine rings is 1. The lowest BCUT2D eigenvalue weighted by atomic mass is 9.89. The topological polar surface area (TPSA) is 73.5 Å². The molecular weight excluding hydrogens is 320 g/mol. The third-order valence-electron chi connectivity index (χ3n) is 5.17. The van der Waals surface area contributed by atoms with Crippen molar-refractivity contribution in [2.75, 3.05) is 19.7 Å². The van der Waals surface area contributed by atoms with Crippen molar-refractivity contribution in [1.29, 1.82) is 0 Å². The number of aryl methyl sites for hydroxylation is 2. The summed E-state index contributed by atoms with van der Waals surface area (Å²) < 4.78 is 17.4. The highest BCUT2D eigenvalue weighted by Crippen LogP contribution is 2.36. The lowest BCUT2D eigenvalue weighted by Gasteiger charge is -2.39. The molecule has 0 bridgehead atoms. The average molecular weight is 344 g/mol. The first-order valence-corrected chi connectivity index (χ1v) is 8.85. The second-order valence-electron chi connectivity index (χ2n) is 7.09. The minimum absolute atomic E-state index is 0.0152. The van der Waals surface area contributed by atoms with Crippen molar-refractivity contribution >= 4 is 0 Å². The van der Waals surface area contributed by atoms with Crippen LogP contribution >= 0.6 is 0 Å². The summed E-state index contributed by atoms with van der Waals surface area (Å²) in [4.78, 5) is 10.7. The maximum absolute atomic E-state index is 6.21. The number of hydrogen-bond donors (Lipinski definition) is 0. The summed E-state index contributed by atoms with van der Waals surface area (Å²) in [5, 5.41) is 4.06. The van der Waals surface area contributed by atoms with E-state index in [0.29, 0.717) is 12.6 Å². The van der Waals surface area contributed by atoms with Crippen LogP contribution in [-0.2, 0) is 11.3 Å². The Morgan fingerprint density at radius 1 is 1.32 bits per heavy atom. The quantitative estimate of drug-likeness (QED) is 0.842. The molecular formula is C18H24N4O3. The predicted molar refractivity (Wildman–Crippen MR) is 90.2 cm³/mol. The van der Waals surface area contributed by atoms with E-state index < -0.39 is 0 Å². The van der Waals surface area contributed by atoms with Crippen molar-refractivity contribution in [2.24, 2.45) is 0 Å². The fraction of sp³-hybridized carbons (Fsp3) is 0.611. The molecule has 2 aliphatic heterocycles. The Bertz CT molecular complexity index is 701. The summed E-state index contributed by atoms with van der Waals surface area (Å²) in [6.07, 6.45) is 6.48. The van der Waals surface area contributed by atoms with Crippen molar-refractivity contribution in [3.05, 3.63) is 35.5 Å². The molecule has 134 valence electrons. The van der Waals surface area contributed by atoms with Crippen LogP contribution in [0.5, 0.6) is 6.01 Å². The molecule has 2 unspecified atom stereocenters. The first-order valence-electron chi connectivity index (χ1n) is 8.85. The zero-order valence-corrected chi connectivity index (χ0v) is 14.8. The minimum atomic E-state index is -0.128. The molecule has 7 nitrogen and oxygen atoms in total. The van der Waals surface area contributed by atoms with Crippen molar-refractivity contribution in [2.45, 2.75) is 51.4 Å². The fourth-order valence-electron chi connectivity index (χ4n) is 3.93. The summed E-state index contributed by atoms with van der Waals surface area (Å²) in [5.41, 5.74) is 2.05. The van der Waals surface area contributed by atoms with Crippen LogP contribution in [0.2, 0.25) is 0 Å². The summed E-state index contributed by atoms with van der Waals surface area (Å²) in [5.74, 6) is 0.909. The highest BCUT2D eigenvalue weighted by atomic mass is 16.6. The minimum Gasteiger partial charge on any atom is -0.458 e. The van der Waals surface area contributed by atoms with E-state index in [0.717, 1.165) is 50.4 Å². The van der Waals surface area contributed by atoms with Crippen LogP contribution in [0.15, 0.2) is 23.0 Å². The average Bonchev–Trinajstić information content (AvgIpc) is 3.14. The van der Waals surface area contributed by atoms with Gasteiger partial charge >= 0.3 is 6.01 Å². The van der Waals surface area contributed by atoms with Crippen molar-refractivity contribution in [1.82, 2.24) is 20.0 Å². The maximum Gasteiger partial charge on any atom is 0.316 e. The zero-order chi connectivity index (χ0) is 17.3. The Labute approximate surface area is 147 Å². The molecule has 0 amide bonds. The summed E-state index contributed by atoms with van der Waals surface area (Å²) in [7, 11) is 0. The van der Waals surface area contributed by atoms with Crippen molar-refractivity contribution < 1.29 is 14.0 Å². The van der Waals surface area contributed by atoms with E-state index in [1.807, 2.05) is 13.8 Å². The molecule has 2 fully saturated rings. The Morgan fingerprint density at radius 2 is 2.16 bits per heavy atom. The molecule has 1 spiro atoms. The molecule has 2 aliphatic rings. The van der Waals surface area contributed by atoms with Crippen LogP contribution in [0, 0.1) is 13.8 Å². The monoisotopic (exact) mass is 344 g/mol. The Morgan fingerprint density at radius 3 is 2.92 bits per heavy atom. The van der Waals surface area contributed by atoms with Gasteiger partial charge in [-0.3, -0.25) is 4.90 Å². The van der Waals surface area contributed by atoms with Gasteiger partial charge in [0, 0.05) is 37.5 Å². The third-order valence-corrected chi connectivity index (χ3v) is 5.17. The normalized spacial score (nSPS) is 27.0. The van der Waals surface area contributed by atoms with Gasteiger partial charge < -0.3 is 14.0 Å². The molecule has 2 atom stereocenters. The molecule has 2 aromatic rings. The number of hydrogen-bond acceptors (Lipinski definition) is 7. The van der Waals surface area contributed by atoms with Crippen LogP contribution < -0.4 is 4.74 Å². The predicted octanol–water partition coefficient (Wildman–Crippen LogP) is 2.28. The molecule has 0 radical (unpaired) electrons. The molecule has 0 aliphatic carbocycles. The first kappa shape index (κ1) is 16.5. The molecule has 0 saturated carbocycles. The summed E-state index contributed by atoms with van der Waals surface area (Å²) >= 11 is 0. The Hall–Kier alpha value is -1.99. The second kappa shape index (κ2) is 6.72. The molecule has 4 heterocycles. The molecule has 2 saturated heterocycles. The number of rotatable bonds is 4. The van der Waals surface area contributed by atoms with Gasteiger partial charge in [0.25, 0.3) is 0 Å². The lowest BCUT2D eigenvalue weighted by Crippen LogP contribution is -2.47. The van der Waals surface area contributed by atoms with E-state index in [-0.39, 0.29) is 11.7 Å². The van der Waals surface area contributed by atoms with Crippen LogP contribution in [0.25, 0.3) is 0 Å². The SMILES string of the molecule is Cc1noc(C)c1CN1CCCC2(CC(Oc3ncccn3)CO2)C1. The van der Waals surface area contributed by atoms with Gasteiger partial charge in [0.2, 0.25) is 0 Å². The van der Waals surface area contributed by atoms with E-state index in [4.69, 9.17) is 14.0 Å². The highest BCUT2D eigenvalue weighted by molar-refractivity contribution is 5.20. The van der Waals surface area contributed by atoms with E-state index in [1.165, 1.54) is 5.56 Å². The summed E-state index contributed by atoms with van der Waals surface area (Å²) in [6, 6.07) is 2.21. The number of likely N-dealkylation sites (tertiary alicyclic amines) is 1. The fourth-order valence-corrected chi connectivity index (χ4v) is 3.93. The molecule has 4 rings (SSSR count). The number of ether oxygens (including phenoxy) is 2. The maximum atomic E-state index is 6.21. The third kappa shape index (κ3) is 3.52. The van der Waals surface area contributed by atoms with Gasteiger partial charge in [-0.1, -0.05) is 5.16 Å². The van der Waals surface area contributed by atoms with E-state index in [9.17, 15) is 0 Å². The van der Waals surface area contributed by atoms with Gasteiger partial charge in [-0.2, -0.15) is 0 Å². The standard InChI is InChI=1S/C18H24N4O3/c1-13-16(14(2)25-21-13)10-22-8-3-5-18(12-22)9-15(11-23-18)24-17-19-6-4-7-20-17/h4,6-7,15H,3,5,8-12H2,1-2H3. The van der Waals surface area contributed by atoms with Crippen molar-refractivity contribution in [3.63, 3.8) is 0 Å². The van der Waals surface area contributed by atoms with Gasteiger partial charge in [0.1, 0.15) is 11.9 Å². The number of nitrogens with zero attached hydrogens (tertiary/aromatic N) is 4. The zero-order valence-electron chi connectivity index (χ0n) is 14.8. The lowest BCUT2D eigenvalue weighted by molar-refractivity contribution is -0.0539. The largest absolute Gasteiger partial charge is 0.458 e. The molecule has 2 aromatic heterocycles. The van der Waals surface area contributed by atoms with Gasteiger partial charge in [0.05, 0.1) is 17.9 Å². The van der Waals surface area contributed by atoms with Gasteiger partial charge in [-0.15, -0.1) is 0 Å². The van der Waals surface area contributed by atoms with E-state index >= 15 is 0 Å². The van der Waals surface area contributed by atoms with Crippen LogP contribution in [0.4, 0.5) is 0 Å². The van der Waals surface area contributed by atoms with Gasteiger partial charge in [-0.25, -0.2) is 9.97 Å². The van der Waals surface area contributed by atoms with E-state index in [2.05, 4.69) is 20.0 Å². The van der Waals surface area contributed by atoms with Crippen LogP contribution in [0.1, 0.15) is 36.3 Å². The van der Waals surface area contributed by atoms with Crippen LogP contribution in [0.3, 0.4) is 0 Å².